The molecule has 3 rings (SSSR count). The summed E-state index contributed by atoms with van der Waals surface area (Å²) >= 11 is 1.53. The van der Waals surface area contributed by atoms with Crippen LogP contribution in [0, 0.1) is 0 Å². The van der Waals surface area contributed by atoms with Crippen LogP contribution >= 0.6 is 11.8 Å². The monoisotopic (exact) mass is 448 g/mol. The summed E-state index contributed by atoms with van der Waals surface area (Å²) in [6, 6.07) is 20.2. The highest BCUT2D eigenvalue weighted by molar-refractivity contribution is 7.99. The van der Waals surface area contributed by atoms with Crippen LogP contribution in [0.15, 0.2) is 76.5 Å². The van der Waals surface area contributed by atoms with Gasteiger partial charge in [0.25, 0.3) is 0 Å². The molecule has 0 saturated heterocycles. The first-order valence-corrected chi connectivity index (χ1v) is 11.4. The lowest BCUT2D eigenvalue weighted by Gasteiger charge is -2.20. The van der Waals surface area contributed by atoms with E-state index in [4.69, 9.17) is 5.11 Å². The lowest BCUT2D eigenvalue weighted by Crippen LogP contribution is -2.21. The average Bonchev–Trinajstić information content (AvgIpc) is 2.75. The van der Waals surface area contributed by atoms with E-state index in [1.54, 1.807) is 24.3 Å². The molecule has 0 saturated carbocycles. The van der Waals surface area contributed by atoms with Crippen molar-refractivity contribution in [2.45, 2.75) is 49.3 Å². The Balaban J connectivity index is 1.67. The second-order valence-corrected chi connectivity index (χ2v) is 9.30. The molecule has 0 aliphatic rings. The molecule has 0 aromatic heterocycles. The predicted molar refractivity (Wildman–Crippen MR) is 131 cm³/mol. The smallest absolute Gasteiger partial charge is 0.335 e. The van der Waals surface area contributed by atoms with Crippen molar-refractivity contribution < 1.29 is 14.7 Å². The van der Waals surface area contributed by atoms with Gasteiger partial charge in [-0.3, -0.25) is 0 Å². The number of hydrogen-bond donors (Lipinski definition) is 3. The molecule has 6 heteroatoms. The Kier molecular flexibility index (Phi) is 7.59. The van der Waals surface area contributed by atoms with Gasteiger partial charge in [-0.25, -0.2) is 9.59 Å². The average molecular weight is 449 g/mol. The first kappa shape index (κ1) is 23.4. The third-order valence-electron chi connectivity index (χ3n) is 5.06. The largest absolute Gasteiger partial charge is 0.478 e. The predicted octanol–water partition coefficient (Wildman–Crippen LogP) is 7.43. The number of carboxylic acid groups (broad SMARTS) is 1. The van der Waals surface area contributed by atoms with Crippen molar-refractivity contribution in [3.8, 4) is 0 Å². The van der Waals surface area contributed by atoms with E-state index in [1.807, 2.05) is 30.3 Å². The molecule has 0 radical (unpaired) electrons. The number of carbonyl (C=O) groups is 2. The Labute approximate surface area is 193 Å². The van der Waals surface area contributed by atoms with Gasteiger partial charge in [-0.15, -0.1) is 0 Å². The number of nitrogens with one attached hydrogen (secondary N) is 2. The SMILES string of the molecule is CC(C)c1cccc(C(C)C)c1NC(=O)Nc1ccc(Sc2ccc(C(=O)O)cc2)cc1. The van der Waals surface area contributed by atoms with E-state index in [0.29, 0.717) is 17.5 Å². The van der Waals surface area contributed by atoms with Crippen LogP contribution in [0.5, 0.6) is 0 Å². The number of aromatic carboxylic acids is 1. The van der Waals surface area contributed by atoms with Crippen molar-refractivity contribution in [3.05, 3.63) is 83.4 Å². The molecule has 0 heterocycles. The Bertz CT molecular complexity index is 1060. The van der Waals surface area contributed by atoms with Gasteiger partial charge < -0.3 is 15.7 Å². The lowest BCUT2D eigenvalue weighted by molar-refractivity contribution is 0.0696. The number of rotatable bonds is 7. The molecular formula is C26H28N2O3S. The minimum Gasteiger partial charge on any atom is -0.478 e. The molecule has 166 valence electrons. The lowest BCUT2D eigenvalue weighted by atomic mass is 9.93. The number of benzene rings is 3. The van der Waals surface area contributed by atoms with Gasteiger partial charge in [0.15, 0.2) is 0 Å². The summed E-state index contributed by atoms with van der Waals surface area (Å²) in [4.78, 5) is 25.6. The first-order chi connectivity index (χ1) is 15.2. The van der Waals surface area contributed by atoms with Crippen molar-refractivity contribution in [2.24, 2.45) is 0 Å². The van der Waals surface area contributed by atoms with Crippen LogP contribution in [-0.2, 0) is 0 Å². The summed E-state index contributed by atoms with van der Waals surface area (Å²) < 4.78 is 0. The molecule has 3 N–H and O–H groups in total. The molecule has 3 aromatic carbocycles. The molecule has 5 nitrogen and oxygen atoms in total. The van der Waals surface area contributed by atoms with Crippen LogP contribution in [0.3, 0.4) is 0 Å². The van der Waals surface area contributed by atoms with E-state index >= 15 is 0 Å². The van der Waals surface area contributed by atoms with Crippen LogP contribution in [0.1, 0.15) is 61.0 Å². The number of carbonyl (C=O) groups excluding carboxylic acids is 1. The van der Waals surface area contributed by atoms with Crippen LogP contribution in [0.25, 0.3) is 0 Å². The topological polar surface area (TPSA) is 78.4 Å². The van der Waals surface area contributed by atoms with Crippen molar-refractivity contribution in [2.75, 3.05) is 10.6 Å². The molecule has 32 heavy (non-hydrogen) atoms. The molecule has 0 spiro atoms. The molecule has 0 aliphatic heterocycles. The molecule has 0 fully saturated rings. The fourth-order valence-electron chi connectivity index (χ4n) is 3.38. The zero-order valence-electron chi connectivity index (χ0n) is 18.7. The highest BCUT2D eigenvalue weighted by Crippen LogP contribution is 2.33. The molecule has 3 aromatic rings. The fraction of sp³-hybridized carbons (Fsp3) is 0.231. The van der Waals surface area contributed by atoms with Gasteiger partial charge in [-0.1, -0.05) is 57.7 Å². The zero-order valence-corrected chi connectivity index (χ0v) is 19.5. The van der Waals surface area contributed by atoms with Gasteiger partial charge in [0.1, 0.15) is 0 Å². The van der Waals surface area contributed by atoms with Gasteiger partial charge in [-0.05, 0) is 71.5 Å². The van der Waals surface area contributed by atoms with E-state index in [2.05, 4.69) is 50.5 Å². The standard InChI is InChI=1S/C26H28N2O3S/c1-16(2)22-6-5-7-23(17(3)4)24(22)28-26(31)27-19-10-14-21(15-11-19)32-20-12-8-18(9-13-20)25(29)30/h5-17H,1-4H3,(H,29,30)(H2,27,28,31). The minimum absolute atomic E-state index is 0.263. The van der Waals surface area contributed by atoms with Gasteiger partial charge >= 0.3 is 12.0 Å². The van der Waals surface area contributed by atoms with Crippen LogP contribution < -0.4 is 10.6 Å². The quantitative estimate of drug-likeness (QED) is 0.351. The third-order valence-corrected chi connectivity index (χ3v) is 6.08. The Morgan fingerprint density at radius 2 is 1.25 bits per heavy atom. The van der Waals surface area contributed by atoms with Crippen molar-refractivity contribution in [1.82, 2.24) is 0 Å². The molecule has 0 aliphatic carbocycles. The van der Waals surface area contributed by atoms with Gasteiger partial charge in [-0.2, -0.15) is 0 Å². The summed E-state index contributed by atoms with van der Waals surface area (Å²) in [5.74, 6) is -0.346. The number of hydrogen-bond acceptors (Lipinski definition) is 3. The van der Waals surface area contributed by atoms with Crippen LogP contribution in [0.2, 0.25) is 0 Å². The second kappa shape index (κ2) is 10.4. The third kappa shape index (κ3) is 5.92. The Morgan fingerprint density at radius 1 is 0.750 bits per heavy atom. The maximum Gasteiger partial charge on any atom is 0.335 e. The van der Waals surface area contributed by atoms with Crippen LogP contribution in [-0.4, -0.2) is 17.1 Å². The summed E-state index contributed by atoms with van der Waals surface area (Å²) in [5, 5.41) is 15.0. The van der Waals surface area contributed by atoms with Crippen molar-refractivity contribution >= 4 is 35.1 Å². The highest BCUT2D eigenvalue weighted by Gasteiger charge is 2.16. The number of para-hydroxylation sites is 1. The summed E-state index contributed by atoms with van der Waals surface area (Å²) in [6.45, 7) is 8.48. The van der Waals surface area contributed by atoms with E-state index in [9.17, 15) is 9.59 Å². The maximum absolute atomic E-state index is 12.7. The number of carboxylic acids is 1. The van der Waals surface area contributed by atoms with Crippen molar-refractivity contribution in [3.63, 3.8) is 0 Å². The summed E-state index contributed by atoms with van der Waals surface area (Å²) in [5.41, 5.74) is 4.08. The van der Waals surface area contributed by atoms with E-state index < -0.39 is 5.97 Å². The molecule has 0 bridgehead atoms. The van der Waals surface area contributed by atoms with Gasteiger partial charge in [0, 0.05) is 21.2 Å². The summed E-state index contributed by atoms with van der Waals surface area (Å²) in [6.07, 6.45) is 0. The van der Waals surface area contributed by atoms with Gasteiger partial charge in [0.2, 0.25) is 0 Å². The zero-order chi connectivity index (χ0) is 23.3. The van der Waals surface area contributed by atoms with E-state index in [-0.39, 0.29) is 11.6 Å². The Morgan fingerprint density at radius 3 is 1.72 bits per heavy atom. The molecule has 0 unspecified atom stereocenters. The number of anilines is 2. The second-order valence-electron chi connectivity index (χ2n) is 8.16. The van der Waals surface area contributed by atoms with E-state index in [0.717, 1.165) is 26.6 Å². The minimum atomic E-state index is -0.938. The van der Waals surface area contributed by atoms with E-state index in [1.165, 1.54) is 11.8 Å². The molecular weight excluding hydrogens is 420 g/mol. The number of urea groups is 1. The Hall–Kier alpha value is -3.25. The summed E-state index contributed by atoms with van der Waals surface area (Å²) in [7, 11) is 0. The highest BCUT2D eigenvalue weighted by atomic mass is 32.2. The van der Waals surface area contributed by atoms with Crippen LogP contribution in [0.4, 0.5) is 16.2 Å². The number of amides is 2. The van der Waals surface area contributed by atoms with Gasteiger partial charge in [0.05, 0.1) is 5.56 Å². The molecule has 0 atom stereocenters. The fourth-order valence-corrected chi connectivity index (χ4v) is 4.20. The normalized spacial score (nSPS) is 10.9. The first-order valence-electron chi connectivity index (χ1n) is 10.6. The van der Waals surface area contributed by atoms with Crippen molar-refractivity contribution in [1.29, 1.82) is 0 Å². The molecule has 2 amide bonds. The maximum atomic E-state index is 12.7.